The van der Waals surface area contributed by atoms with Gasteiger partial charge >= 0.3 is 0 Å². The lowest BCUT2D eigenvalue weighted by Crippen LogP contribution is -2.48. The molecule has 0 radical (unpaired) electrons. The summed E-state index contributed by atoms with van der Waals surface area (Å²) < 4.78 is 10.9. The molecule has 0 spiro atoms. The summed E-state index contributed by atoms with van der Waals surface area (Å²) in [6.45, 7) is 6.06. The molecule has 25 heavy (non-hydrogen) atoms. The zero-order valence-electron chi connectivity index (χ0n) is 15.9. The monoisotopic (exact) mass is 363 g/mol. The van der Waals surface area contributed by atoms with Gasteiger partial charge in [-0.1, -0.05) is 25.3 Å². The lowest BCUT2D eigenvalue weighted by atomic mass is 9.85. The number of hydrogen-bond acceptors (Lipinski definition) is 4. The van der Waals surface area contributed by atoms with Crippen LogP contribution in [0.2, 0.25) is 0 Å². The van der Waals surface area contributed by atoms with E-state index < -0.39 is 0 Å². The highest BCUT2D eigenvalue weighted by Gasteiger charge is 2.58. The largest absolute Gasteiger partial charge is 0.493 e. The summed E-state index contributed by atoms with van der Waals surface area (Å²) in [5.74, 6) is 1.68. The highest BCUT2D eigenvalue weighted by molar-refractivity contribution is 8.01. The third kappa shape index (κ3) is 3.01. The van der Waals surface area contributed by atoms with Crippen LogP contribution in [0.15, 0.2) is 18.2 Å². The molecule has 4 nitrogen and oxygen atoms in total. The number of methoxy groups -OCH3 is 2. The molecular weight excluding hydrogens is 334 g/mol. The van der Waals surface area contributed by atoms with Crippen molar-refractivity contribution >= 4 is 17.7 Å². The maximum absolute atomic E-state index is 12.5. The summed E-state index contributed by atoms with van der Waals surface area (Å²) in [6, 6.07) is 6.50. The zero-order valence-corrected chi connectivity index (χ0v) is 16.7. The number of hydrogen-bond donors (Lipinski definition) is 0. The summed E-state index contributed by atoms with van der Waals surface area (Å²) in [6.07, 6.45) is 5.76. The van der Waals surface area contributed by atoms with E-state index in [0.29, 0.717) is 0 Å². The molecule has 5 heteroatoms. The van der Waals surface area contributed by atoms with Crippen LogP contribution in [-0.4, -0.2) is 35.9 Å². The molecule has 0 bridgehead atoms. The highest BCUT2D eigenvalue weighted by Crippen LogP contribution is 2.61. The number of amides is 1. The van der Waals surface area contributed by atoms with Crippen molar-refractivity contribution < 1.29 is 14.3 Å². The normalized spacial score (nSPS) is 28.2. The second-order valence-corrected chi connectivity index (χ2v) is 9.44. The van der Waals surface area contributed by atoms with Crippen molar-refractivity contribution in [1.29, 1.82) is 0 Å². The van der Waals surface area contributed by atoms with Gasteiger partial charge in [-0.3, -0.25) is 4.79 Å². The Labute approximate surface area is 155 Å². The van der Waals surface area contributed by atoms with Gasteiger partial charge in [-0.05, 0) is 44.4 Å². The van der Waals surface area contributed by atoms with Gasteiger partial charge in [0.2, 0.25) is 5.91 Å². The predicted octanol–water partition coefficient (Wildman–Crippen LogP) is 4.56. The summed E-state index contributed by atoms with van der Waals surface area (Å²) in [5, 5.41) is 0. The first kappa shape index (κ1) is 18.4. The van der Waals surface area contributed by atoms with Gasteiger partial charge in [0.05, 0.1) is 29.9 Å². The van der Waals surface area contributed by atoms with Crippen LogP contribution in [0.1, 0.15) is 58.4 Å². The number of thioether (sulfide) groups is 1. The van der Waals surface area contributed by atoms with E-state index in [1.807, 2.05) is 17.8 Å². The Morgan fingerprint density at radius 1 is 1.16 bits per heavy atom. The molecule has 2 aliphatic rings. The molecule has 1 amide bonds. The third-order valence-corrected chi connectivity index (χ3v) is 7.37. The topological polar surface area (TPSA) is 38.8 Å². The Hall–Kier alpha value is -1.36. The Balaban J connectivity index is 2.14. The molecule has 2 fully saturated rings. The number of nitrogens with zero attached hydrogens (tertiary/aromatic N) is 1. The average Bonchev–Trinajstić information content (AvgIpc) is 2.68. The lowest BCUT2D eigenvalue weighted by Gasteiger charge is -2.37. The number of benzene rings is 1. The van der Waals surface area contributed by atoms with E-state index in [1.54, 1.807) is 21.1 Å². The van der Waals surface area contributed by atoms with Crippen LogP contribution < -0.4 is 9.47 Å². The molecule has 1 aromatic carbocycles. The van der Waals surface area contributed by atoms with Crippen LogP contribution >= 0.6 is 11.8 Å². The second-order valence-electron chi connectivity index (χ2n) is 7.51. The summed E-state index contributed by atoms with van der Waals surface area (Å²) in [7, 11) is 3.34. The van der Waals surface area contributed by atoms with Crippen LogP contribution in [0.3, 0.4) is 0 Å². The molecule has 1 saturated carbocycles. The second kappa shape index (κ2) is 6.75. The van der Waals surface area contributed by atoms with Crippen LogP contribution in [0.5, 0.6) is 11.5 Å². The minimum atomic E-state index is -0.207. The maximum Gasteiger partial charge on any atom is 0.220 e. The van der Waals surface area contributed by atoms with Crippen molar-refractivity contribution in [1.82, 2.24) is 4.90 Å². The Bertz CT molecular complexity index is 660. The van der Waals surface area contributed by atoms with Crippen molar-refractivity contribution in [2.45, 2.75) is 68.5 Å². The van der Waals surface area contributed by atoms with Crippen molar-refractivity contribution in [3.8, 4) is 11.5 Å². The summed E-state index contributed by atoms with van der Waals surface area (Å²) in [4.78, 5) is 14.4. The van der Waals surface area contributed by atoms with E-state index in [9.17, 15) is 4.79 Å². The number of ether oxygens (including phenoxy) is 2. The van der Waals surface area contributed by atoms with Gasteiger partial charge in [0.15, 0.2) is 11.5 Å². The molecule has 0 unspecified atom stereocenters. The first-order valence-corrected chi connectivity index (χ1v) is 9.90. The van der Waals surface area contributed by atoms with E-state index >= 15 is 0 Å². The van der Waals surface area contributed by atoms with Crippen LogP contribution in [0.25, 0.3) is 0 Å². The van der Waals surface area contributed by atoms with Crippen molar-refractivity contribution in [2.75, 3.05) is 14.2 Å². The predicted molar refractivity (Wildman–Crippen MR) is 102 cm³/mol. The SMILES string of the molecule is COc1ccc([C@]23CCCCC[C@H]2N(C(C)=O)C(C)(C)S3)cc1OC. The zero-order chi connectivity index (χ0) is 18.2. The molecule has 0 aromatic heterocycles. The van der Waals surface area contributed by atoms with E-state index in [1.165, 1.54) is 24.8 Å². The van der Waals surface area contributed by atoms with Crippen LogP contribution in [0.4, 0.5) is 0 Å². The fourth-order valence-electron chi connectivity index (χ4n) is 4.72. The Morgan fingerprint density at radius 2 is 1.88 bits per heavy atom. The van der Waals surface area contributed by atoms with Gasteiger partial charge in [-0.25, -0.2) is 0 Å². The average molecular weight is 364 g/mol. The van der Waals surface area contributed by atoms with Gasteiger partial charge in [0.25, 0.3) is 0 Å². The molecule has 1 aliphatic heterocycles. The van der Waals surface area contributed by atoms with Gasteiger partial charge in [-0.2, -0.15) is 0 Å². The fourth-order valence-corrected chi connectivity index (χ4v) is 6.82. The smallest absolute Gasteiger partial charge is 0.220 e. The molecular formula is C20H29NO3S. The Kier molecular flexibility index (Phi) is 4.97. The molecule has 1 saturated heterocycles. The number of carbonyl (C=O) groups is 1. The first-order chi connectivity index (χ1) is 11.9. The number of rotatable bonds is 3. The van der Waals surface area contributed by atoms with Crippen LogP contribution in [-0.2, 0) is 9.54 Å². The number of carbonyl (C=O) groups excluding carboxylic acids is 1. The van der Waals surface area contributed by atoms with Crippen molar-refractivity contribution in [2.24, 2.45) is 0 Å². The van der Waals surface area contributed by atoms with Crippen LogP contribution in [0, 0.1) is 0 Å². The Morgan fingerprint density at radius 3 is 2.52 bits per heavy atom. The van der Waals surface area contributed by atoms with E-state index in [2.05, 4.69) is 30.9 Å². The van der Waals surface area contributed by atoms with E-state index in [4.69, 9.17) is 9.47 Å². The molecule has 1 heterocycles. The maximum atomic E-state index is 12.5. The summed E-state index contributed by atoms with van der Waals surface area (Å²) in [5.41, 5.74) is 1.25. The standard InChI is InChI=1S/C20H29NO3S/c1-14(22)21-18-9-7-6-8-12-20(18,25-19(21,2)3)15-10-11-16(23-4)17(13-15)24-5/h10-11,13,18H,6-9,12H2,1-5H3/t18-,20-/m1/s1. The molecule has 2 atom stereocenters. The third-order valence-electron chi connectivity index (χ3n) is 5.60. The van der Waals surface area contributed by atoms with Gasteiger partial charge in [-0.15, -0.1) is 11.8 Å². The molecule has 1 aliphatic carbocycles. The minimum Gasteiger partial charge on any atom is -0.493 e. The number of fused-ring (bicyclic) bond motifs is 1. The summed E-state index contributed by atoms with van der Waals surface area (Å²) >= 11 is 1.94. The highest BCUT2D eigenvalue weighted by atomic mass is 32.2. The van der Waals surface area contributed by atoms with Crippen molar-refractivity contribution in [3.63, 3.8) is 0 Å². The minimum absolute atomic E-state index is 0.0782. The van der Waals surface area contributed by atoms with Crippen molar-refractivity contribution in [3.05, 3.63) is 23.8 Å². The first-order valence-electron chi connectivity index (χ1n) is 9.08. The quantitative estimate of drug-likeness (QED) is 0.789. The molecule has 1 aromatic rings. The lowest BCUT2D eigenvalue weighted by molar-refractivity contribution is -0.134. The van der Waals surface area contributed by atoms with Gasteiger partial charge < -0.3 is 14.4 Å². The van der Waals surface area contributed by atoms with Gasteiger partial charge in [0.1, 0.15) is 0 Å². The molecule has 3 rings (SSSR count). The fraction of sp³-hybridized carbons (Fsp3) is 0.650. The van der Waals surface area contributed by atoms with Gasteiger partial charge in [0, 0.05) is 6.92 Å². The molecule has 138 valence electrons. The van der Waals surface area contributed by atoms with E-state index in [0.717, 1.165) is 24.3 Å². The molecule has 0 N–H and O–H groups in total. The van der Waals surface area contributed by atoms with E-state index in [-0.39, 0.29) is 21.6 Å².